The van der Waals surface area contributed by atoms with Gasteiger partial charge in [-0.15, -0.1) is 0 Å². The first-order valence-corrected chi connectivity index (χ1v) is 23.5. The van der Waals surface area contributed by atoms with E-state index in [0.717, 1.165) is 72.8 Å². The van der Waals surface area contributed by atoms with E-state index in [9.17, 15) is 9.59 Å². The Hall–Kier alpha value is -8.94. The zero-order valence-electron chi connectivity index (χ0n) is 38.3. The second kappa shape index (κ2) is 17.0. The lowest BCUT2D eigenvalue weighted by atomic mass is 9.87. The number of benzene rings is 8. The smallest absolute Gasteiger partial charge is 0.309 e. The Morgan fingerprint density at radius 1 is 0.478 bits per heavy atom. The molecule has 11 aromatic rings. The molecule has 0 saturated heterocycles. The molecule has 0 saturated carbocycles. The van der Waals surface area contributed by atoms with Crippen LogP contribution in [0.3, 0.4) is 0 Å². The molecule has 12 rings (SSSR count). The van der Waals surface area contributed by atoms with Gasteiger partial charge in [0, 0.05) is 33.8 Å². The molecule has 0 amide bonds. The lowest BCUT2D eigenvalue weighted by molar-refractivity contribution is 0.842. The van der Waals surface area contributed by atoms with E-state index >= 15 is 0 Å². The summed E-state index contributed by atoms with van der Waals surface area (Å²) in [5.41, 5.74) is 15.5. The Labute approximate surface area is 399 Å². The highest BCUT2D eigenvalue weighted by Gasteiger charge is 2.21. The lowest BCUT2D eigenvalue weighted by Gasteiger charge is -2.20. The standard InChI is InChI=1S/C62H47N5O2/c1-3-4-16-42(2)63-57-23-12-13-24-58(57)66(61(63)68)51-35-29-44(30-36-51)47-39-46(43-27-33-50(34-28-43)64-55-21-10-8-19-53(55)54-20-9-11-22-56(54)64)40-48(41-47)45-31-37-52(38-32-45)67-60-26-15-14-25-59(60)65(62(67)69)49-17-6-5-7-18-49/h3-31,33-41,45H,32H2,1-2H3/b4-3-,42-16+. The zero-order valence-corrected chi connectivity index (χ0v) is 38.3. The fourth-order valence-corrected chi connectivity index (χ4v) is 10.3. The molecular weight excluding hydrogens is 847 g/mol. The molecule has 332 valence electrons. The molecule has 8 aromatic carbocycles. The summed E-state index contributed by atoms with van der Waals surface area (Å²) in [6.07, 6.45) is 13.1. The number of aromatic nitrogens is 5. The molecule has 0 radical (unpaired) electrons. The van der Waals surface area contributed by atoms with Crippen molar-refractivity contribution in [1.82, 2.24) is 22.8 Å². The molecule has 1 aliphatic rings. The third-order valence-corrected chi connectivity index (χ3v) is 13.6. The summed E-state index contributed by atoms with van der Waals surface area (Å²) < 4.78 is 9.55. The summed E-state index contributed by atoms with van der Waals surface area (Å²) in [5, 5.41) is 2.47. The Balaban J connectivity index is 0.941. The molecule has 1 aliphatic carbocycles. The van der Waals surface area contributed by atoms with Gasteiger partial charge in [-0.25, -0.2) is 9.59 Å². The summed E-state index contributed by atoms with van der Waals surface area (Å²) in [6, 6.07) is 67.1. The van der Waals surface area contributed by atoms with Gasteiger partial charge >= 0.3 is 11.4 Å². The van der Waals surface area contributed by atoms with Crippen LogP contribution >= 0.6 is 0 Å². The molecule has 7 heteroatoms. The van der Waals surface area contributed by atoms with Crippen molar-refractivity contribution in [2.24, 2.45) is 0 Å². The quantitative estimate of drug-likeness (QED) is 0.136. The van der Waals surface area contributed by atoms with Gasteiger partial charge in [0.05, 0.1) is 44.5 Å². The minimum Gasteiger partial charge on any atom is -0.309 e. The van der Waals surface area contributed by atoms with Gasteiger partial charge in [0.1, 0.15) is 0 Å². The molecular formula is C62H47N5O2. The van der Waals surface area contributed by atoms with Crippen LogP contribution in [0, 0.1) is 0 Å². The molecule has 1 unspecified atom stereocenters. The average Bonchev–Trinajstić information content (AvgIpc) is 4.02. The summed E-state index contributed by atoms with van der Waals surface area (Å²) in [5.74, 6) is 0.0605. The summed E-state index contributed by atoms with van der Waals surface area (Å²) in [4.78, 5) is 28.5. The van der Waals surface area contributed by atoms with Crippen LogP contribution in [-0.2, 0) is 0 Å². The third kappa shape index (κ3) is 7.06. The molecule has 7 nitrogen and oxygen atoms in total. The summed E-state index contributed by atoms with van der Waals surface area (Å²) >= 11 is 0. The number of hydrogen-bond donors (Lipinski definition) is 0. The van der Waals surface area contributed by atoms with Gasteiger partial charge in [-0.3, -0.25) is 18.3 Å². The van der Waals surface area contributed by atoms with Gasteiger partial charge in [0.2, 0.25) is 0 Å². The van der Waals surface area contributed by atoms with E-state index in [1.54, 1.807) is 13.7 Å². The normalized spacial score (nSPS) is 14.2. The summed E-state index contributed by atoms with van der Waals surface area (Å²) in [7, 11) is 0. The van der Waals surface area contributed by atoms with Crippen LogP contribution in [0.15, 0.2) is 240 Å². The van der Waals surface area contributed by atoms with Crippen LogP contribution < -0.4 is 11.4 Å². The van der Waals surface area contributed by atoms with Crippen molar-refractivity contribution in [3.8, 4) is 39.3 Å². The molecule has 3 heterocycles. The van der Waals surface area contributed by atoms with Crippen molar-refractivity contribution in [2.75, 3.05) is 0 Å². The number of allylic oxidation sites excluding steroid dienone is 8. The Kier molecular flexibility index (Phi) is 10.3. The Bertz CT molecular complexity index is 3980. The maximum atomic E-state index is 14.3. The molecule has 0 bridgehead atoms. The number of nitrogens with zero attached hydrogens (tertiary/aromatic N) is 5. The predicted octanol–water partition coefficient (Wildman–Crippen LogP) is 14.4. The Morgan fingerprint density at radius 2 is 0.957 bits per heavy atom. The minimum atomic E-state index is -0.112. The second-order valence-corrected chi connectivity index (χ2v) is 17.7. The van der Waals surface area contributed by atoms with Crippen molar-refractivity contribution in [3.05, 3.63) is 257 Å². The van der Waals surface area contributed by atoms with Crippen LogP contribution in [0.25, 0.3) is 94.6 Å². The van der Waals surface area contributed by atoms with Gasteiger partial charge < -0.3 is 4.57 Å². The number of fused-ring (bicyclic) bond motifs is 5. The number of para-hydroxylation sites is 7. The van der Waals surface area contributed by atoms with E-state index < -0.39 is 0 Å². The largest absolute Gasteiger partial charge is 0.338 e. The van der Waals surface area contributed by atoms with Crippen LogP contribution in [0.1, 0.15) is 31.7 Å². The Morgan fingerprint density at radius 3 is 1.52 bits per heavy atom. The van der Waals surface area contributed by atoms with E-state index in [1.165, 1.54) is 27.4 Å². The minimum absolute atomic E-state index is 0.0605. The fourth-order valence-electron chi connectivity index (χ4n) is 10.3. The van der Waals surface area contributed by atoms with E-state index in [4.69, 9.17) is 0 Å². The van der Waals surface area contributed by atoms with E-state index in [0.29, 0.717) is 6.42 Å². The molecule has 0 fully saturated rings. The van der Waals surface area contributed by atoms with Gasteiger partial charge in [-0.2, -0.15) is 0 Å². The van der Waals surface area contributed by atoms with Crippen molar-refractivity contribution in [2.45, 2.75) is 26.2 Å². The van der Waals surface area contributed by atoms with Crippen LogP contribution in [0.5, 0.6) is 0 Å². The molecule has 69 heavy (non-hydrogen) atoms. The SMILES string of the molecule is C/C=C\C=C(/C)n1c(=O)n(-c2ccc(-c3cc(-c4ccc(-n5c6ccccc6c6ccccc65)cc4)cc(C4C=CC(n5c(=O)n(-c6ccccc6)c6ccccc65)=CC4)c3)cc2)c2ccccc21. The number of hydrogen-bond acceptors (Lipinski definition) is 2. The number of rotatable bonds is 9. The van der Waals surface area contributed by atoms with Crippen LogP contribution in [0.4, 0.5) is 0 Å². The van der Waals surface area contributed by atoms with Crippen LogP contribution in [0.2, 0.25) is 0 Å². The first kappa shape index (κ1) is 41.5. The average molecular weight is 894 g/mol. The molecule has 0 N–H and O–H groups in total. The maximum absolute atomic E-state index is 14.3. The second-order valence-electron chi connectivity index (χ2n) is 17.7. The van der Waals surface area contributed by atoms with Crippen molar-refractivity contribution in [1.29, 1.82) is 0 Å². The first-order chi connectivity index (χ1) is 33.9. The van der Waals surface area contributed by atoms with Crippen molar-refractivity contribution >= 4 is 55.3 Å². The van der Waals surface area contributed by atoms with Gasteiger partial charge in [0.15, 0.2) is 0 Å². The summed E-state index contributed by atoms with van der Waals surface area (Å²) in [6.45, 7) is 3.93. The monoisotopic (exact) mass is 893 g/mol. The number of imidazole rings is 2. The van der Waals surface area contributed by atoms with Gasteiger partial charge in [-0.05, 0) is 139 Å². The van der Waals surface area contributed by atoms with E-state index in [2.05, 4.69) is 126 Å². The van der Waals surface area contributed by atoms with Crippen molar-refractivity contribution < 1.29 is 0 Å². The highest BCUT2D eigenvalue weighted by atomic mass is 16.2. The highest BCUT2D eigenvalue weighted by Crippen LogP contribution is 2.38. The predicted molar refractivity (Wildman–Crippen MR) is 286 cm³/mol. The highest BCUT2D eigenvalue weighted by molar-refractivity contribution is 6.09. The van der Waals surface area contributed by atoms with E-state index in [-0.39, 0.29) is 17.3 Å². The first-order valence-electron chi connectivity index (χ1n) is 23.5. The third-order valence-electron chi connectivity index (χ3n) is 13.6. The topological polar surface area (TPSA) is 58.8 Å². The molecule has 3 aromatic heterocycles. The van der Waals surface area contributed by atoms with Gasteiger partial charge in [0.25, 0.3) is 0 Å². The molecule has 0 aliphatic heterocycles. The fraction of sp³-hybridized carbons (Fsp3) is 0.0645. The zero-order chi connectivity index (χ0) is 46.6. The molecule has 1 atom stereocenters. The van der Waals surface area contributed by atoms with Gasteiger partial charge in [-0.1, -0.05) is 140 Å². The molecule has 0 spiro atoms. The van der Waals surface area contributed by atoms with Crippen LogP contribution in [-0.4, -0.2) is 22.8 Å². The maximum Gasteiger partial charge on any atom is 0.338 e. The lowest BCUT2D eigenvalue weighted by Crippen LogP contribution is -2.23. The van der Waals surface area contributed by atoms with Crippen molar-refractivity contribution in [3.63, 3.8) is 0 Å². The van der Waals surface area contributed by atoms with E-state index in [1.807, 2.05) is 128 Å².